The summed E-state index contributed by atoms with van der Waals surface area (Å²) in [6.07, 6.45) is 0.974. The Balaban J connectivity index is 0.00000121. The predicted octanol–water partition coefficient (Wildman–Crippen LogP) is 2.31. The number of benzene rings is 1. The highest BCUT2D eigenvalue weighted by Crippen LogP contribution is 2.05. The molecule has 68 valence electrons. The zero-order valence-electron chi connectivity index (χ0n) is 7.58. The molecule has 0 heterocycles. The molecule has 0 bridgehead atoms. The zero-order chi connectivity index (χ0) is 8.27. The minimum Gasteiger partial charge on any atom is -0.328 e. The number of rotatable bonds is 2. The van der Waals surface area contributed by atoms with Gasteiger partial charge in [0.15, 0.2) is 0 Å². The van der Waals surface area contributed by atoms with Crippen molar-refractivity contribution in [3.05, 3.63) is 35.4 Å². The van der Waals surface area contributed by atoms with Crippen LogP contribution < -0.4 is 5.73 Å². The average Bonchev–Trinajstić information content (AvgIpc) is 1.85. The summed E-state index contributed by atoms with van der Waals surface area (Å²) in [7, 11) is 0. The lowest BCUT2D eigenvalue weighted by molar-refractivity contribution is 0.738. The van der Waals surface area contributed by atoms with Crippen LogP contribution >= 0.6 is 12.4 Å². The Morgan fingerprint density at radius 2 is 2.08 bits per heavy atom. The number of aryl methyl sites for hydroxylation is 1. The molecule has 0 saturated heterocycles. The number of halogens is 1. The van der Waals surface area contributed by atoms with Gasteiger partial charge in [-0.3, -0.25) is 0 Å². The largest absolute Gasteiger partial charge is 0.328 e. The Morgan fingerprint density at radius 3 is 2.58 bits per heavy atom. The van der Waals surface area contributed by atoms with Gasteiger partial charge >= 0.3 is 0 Å². The molecule has 0 fully saturated rings. The van der Waals surface area contributed by atoms with E-state index in [0.29, 0.717) is 0 Å². The van der Waals surface area contributed by atoms with Gasteiger partial charge in [-0.1, -0.05) is 29.8 Å². The lowest BCUT2D eigenvalue weighted by Gasteiger charge is -2.04. The van der Waals surface area contributed by atoms with Gasteiger partial charge in [0.1, 0.15) is 0 Å². The predicted molar refractivity (Wildman–Crippen MR) is 55.8 cm³/mol. The molecular formula is C10H16ClN. The summed E-state index contributed by atoms with van der Waals surface area (Å²) < 4.78 is 0. The number of nitrogens with two attached hydrogens (primary N) is 1. The van der Waals surface area contributed by atoms with Crippen molar-refractivity contribution in [2.45, 2.75) is 26.3 Å². The van der Waals surface area contributed by atoms with Gasteiger partial charge in [0, 0.05) is 6.04 Å². The van der Waals surface area contributed by atoms with E-state index < -0.39 is 0 Å². The van der Waals surface area contributed by atoms with Gasteiger partial charge in [-0.05, 0) is 25.8 Å². The quantitative estimate of drug-likeness (QED) is 0.752. The maximum atomic E-state index is 5.67. The lowest BCUT2D eigenvalue weighted by atomic mass is 10.1. The molecule has 0 aliphatic rings. The van der Waals surface area contributed by atoms with Crippen LogP contribution in [0.4, 0.5) is 0 Å². The molecule has 0 aliphatic carbocycles. The lowest BCUT2D eigenvalue weighted by Crippen LogP contribution is -2.17. The summed E-state index contributed by atoms with van der Waals surface area (Å²) in [6, 6.07) is 8.74. The van der Waals surface area contributed by atoms with Crippen LogP contribution in [-0.4, -0.2) is 6.04 Å². The summed E-state index contributed by atoms with van der Waals surface area (Å²) in [4.78, 5) is 0. The molecule has 1 aromatic carbocycles. The van der Waals surface area contributed by atoms with Gasteiger partial charge in [-0.25, -0.2) is 0 Å². The van der Waals surface area contributed by atoms with Crippen molar-refractivity contribution in [2.75, 3.05) is 0 Å². The molecule has 1 aromatic rings. The first-order valence-electron chi connectivity index (χ1n) is 3.99. The molecule has 1 rings (SSSR count). The van der Waals surface area contributed by atoms with E-state index in [1.165, 1.54) is 11.1 Å². The molecule has 0 spiro atoms. The minimum atomic E-state index is 0. The number of hydrogen-bond acceptors (Lipinski definition) is 1. The van der Waals surface area contributed by atoms with Gasteiger partial charge in [-0.15, -0.1) is 12.4 Å². The Bertz CT molecular complexity index is 233. The molecule has 2 heteroatoms. The Labute approximate surface area is 80.4 Å². The van der Waals surface area contributed by atoms with E-state index in [1.54, 1.807) is 0 Å². The van der Waals surface area contributed by atoms with E-state index in [2.05, 4.69) is 31.2 Å². The van der Waals surface area contributed by atoms with Crippen molar-refractivity contribution in [1.82, 2.24) is 0 Å². The fourth-order valence-electron chi connectivity index (χ4n) is 1.21. The summed E-state index contributed by atoms with van der Waals surface area (Å²) >= 11 is 0. The second kappa shape index (κ2) is 5.18. The normalized spacial score (nSPS) is 11.9. The summed E-state index contributed by atoms with van der Waals surface area (Å²) in [6.45, 7) is 4.13. The van der Waals surface area contributed by atoms with Crippen molar-refractivity contribution >= 4 is 12.4 Å². The van der Waals surface area contributed by atoms with Crippen LogP contribution in [0.1, 0.15) is 18.1 Å². The molecule has 1 nitrogen and oxygen atoms in total. The van der Waals surface area contributed by atoms with Gasteiger partial charge in [-0.2, -0.15) is 0 Å². The van der Waals surface area contributed by atoms with Crippen molar-refractivity contribution in [3.8, 4) is 0 Å². The molecule has 0 radical (unpaired) electrons. The zero-order valence-corrected chi connectivity index (χ0v) is 8.40. The van der Waals surface area contributed by atoms with E-state index in [9.17, 15) is 0 Å². The van der Waals surface area contributed by atoms with Crippen LogP contribution in [0.15, 0.2) is 24.3 Å². The average molecular weight is 186 g/mol. The van der Waals surface area contributed by atoms with Crippen molar-refractivity contribution in [1.29, 1.82) is 0 Å². The Morgan fingerprint density at radius 1 is 1.42 bits per heavy atom. The van der Waals surface area contributed by atoms with Crippen LogP contribution in [-0.2, 0) is 6.42 Å². The highest BCUT2D eigenvalue weighted by Gasteiger charge is 1.96. The molecule has 1 atom stereocenters. The Kier molecular flexibility index (Phi) is 4.95. The maximum absolute atomic E-state index is 5.67. The van der Waals surface area contributed by atoms with Gasteiger partial charge in [0.05, 0.1) is 0 Å². The Hall–Kier alpha value is -0.530. The highest BCUT2D eigenvalue weighted by molar-refractivity contribution is 5.85. The summed E-state index contributed by atoms with van der Waals surface area (Å²) in [5.74, 6) is 0. The van der Waals surface area contributed by atoms with Crippen molar-refractivity contribution < 1.29 is 0 Å². The first-order valence-corrected chi connectivity index (χ1v) is 3.99. The summed E-state index contributed by atoms with van der Waals surface area (Å²) in [5, 5.41) is 0. The second-order valence-corrected chi connectivity index (χ2v) is 3.17. The SMILES string of the molecule is Cc1cccc(CC(C)N)c1.Cl. The highest BCUT2D eigenvalue weighted by atomic mass is 35.5. The molecule has 0 amide bonds. The fraction of sp³-hybridized carbons (Fsp3) is 0.400. The van der Waals surface area contributed by atoms with Crippen molar-refractivity contribution in [3.63, 3.8) is 0 Å². The molecule has 0 aliphatic heterocycles. The monoisotopic (exact) mass is 185 g/mol. The smallest absolute Gasteiger partial charge is 0.00509 e. The topological polar surface area (TPSA) is 26.0 Å². The summed E-state index contributed by atoms with van der Waals surface area (Å²) in [5.41, 5.74) is 8.32. The van der Waals surface area contributed by atoms with Crippen LogP contribution in [0.3, 0.4) is 0 Å². The molecular weight excluding hydrogens is 170 g/mol. The molecule has 2 N–H and O–H groups in total. The molecule has 1 unspecified atom stereocenters. The third kappa shape index (κ3) is 3.74. The molecule has 0 aromatic heterocycles. The fourth-order valence-corrected chi connectivity index (χ4v) is 1.21. The third-order valence-corrected chi connectivity index (χ3v) is 1.64. The second-order valence-electron chi connectivity index (χ2n) is 3.17. The van der Waals surface area contributed by atoms with E-state index in [0.717, 1.165) is 6.42 Å². The van der Waals surface area contributed by atoms with E-state index in [1.807, 2.05) is 6.92 Å². The van der Waals surface area contributed by atoms with Crippen LogP contribution in [0, 0.1) is 6.92 Å². The van der Waals surface area contributed by atoms with Gasteiger partial charge in [0.25, 0.3) is 0 Å². The third-order valence-electron chi connectivity index (χ3n) is 1.64. The van der Waals surface area contributed by atoms with Gasteiger partial charge in [0.2, 0.25) is 0 Å². The molecule has 0 saturated carbocycles. The molecule has 12 heavy (non-hydrogen) atoms. The first kappa shape index (κ1) is 11.5. The van der Waals surface area contributed by atoms with Crippen LogP contribution in [0.2, 0.25) is 0 Å². The minimum absolute atomic E-state index is 0. The van der Waals surface area contributed by atoms with Crippen LogP contribution in [0.5, 0.6) is 0 Å². The van der Waals surface area contributed by atoms with Crippen molar-refractivity contribution in [2.24, 2.45) is 5.73 Å². The number of hydrogen-bond donors (Lipinski definition) is 1. The van der Waals surface area contributed by atoms with E-state index in [-0.39, 0.29) is 18.4 Å². The van der Waals surface area contributed by atoms with Gasteiger partial charge < -0.3 is 5.73 Å². The first-order chi connectivity index (χ1) is 5.18. The standard InChI is InChI=1S/C10H15N.ClH/c1-8-4-3-5-10(6-8)7-9(2)11;/h3-6,9H,7,11H2,1-2H3;1H. The van der Waals surface area contributed by atoms with Crippen LogP contribution in [0.25, 0.3) is 0 Å². The van der Waals surface area contributed by atoms with E-state index >= 15 is 0 Å². The maximum Gasteiger partial charge on any atom is 0.00509 e. The van der Waals surface area contributed by atoms with E-state index in [4.69, 9.17) is 5.73 Å².